The van der Waals surface area contributed by atoms with Crippen LogP contribution in [0.1, 0.15) is 10.4 Å². The van der Waals surface area contributed by atoms with E-state index in [-0.39, 0.29) is 5.97 Å². The summed E-state index contributed by atoms with van der Waals surface area (Å²) in [4.78, 5) is 16.3. The van der Waals surface area contributed by atoms with Crippen LogP contribution in [0.3, 0.4) is 0 Å². The number of piperazine rings is 1. The molecule has 0 bridgehead atoms. The Bertz CT molecular complexity index is 713. The predicted molar refractivity (Wildman–Crippen MR) is 108 cm³/mol. The smallest absolute Gasteiger partial charge is 0.337 e. The number of rotatable bonds is 9. The van der Waals surface area contributed by atoms with Crippen LogP contribution < -0.4 is 9.47 Å². The summed E-state index contributed by atoms with van der Waals surface area (Å²) in [5.74, 6) is 1.36. The minimum Gasteiger partial charge on any atom is -0.492 e. The van der Waals surface area contributed by atoms with Gasteiger partial charge in [-0.1, -0.05) is 18.2 Å². The highest BCUT2D eigenvalue weighted by atomic mass is 16.5. The SMILES string of the molecule is COC(=O)c1ccc(OCCN2CCN(CCOc3ccccc3)CC2)cc1. The molecule has 2 aromatic rings. The number of carbonyl (C=O) groups excluding carboxylic acids is 1. The Balaban J connectivity index is 1.28. The first-order valence-electron chi connectivity index (χ1n) is 9.68. The van der Waals surface area contributed by atoms with Gasteiger partial charge in [-0.2, -0.15) is 0 Å². The molecule has 28 heavy (non-hydrogen) atoms. The fraction of sp³-hybridized carbons (Fsp3) is 0.409. The zero-order chi connectivity index (χ0) is 19.6. The highest BCUT2D eigenvalue weighted by Crippen LogP contribution is 2.13. The Labute approximate surface area is 166 Å². The molecular formula is C22H28N2O4. The third-order valence-corrected chi connectivity index (χ3v) is 4.84. The first-order chi connectivity index (χ1) is 13.7. The number of ether oxygens (including phenoxy) is 3. The molecule has 0 aromatic heterocycles. The van der Waals surface area contributed by atoms with E-state index in [1.165, 1.54) is 7.11 Å². The van der Waals surface area contributed by atoms with Crippen LogP contribution in [-0.2, 0) is 4.74 Å². The van der Waals surface area contributed by atoms with E-state index < -0.39 is 0 Å². The lowest BCUT2D eigenvalue weighted by Crippen LogP contribution is -2.48. The number of para-hydroxylation sites is 1. The molecule has 0 unspecified atom stereocenters. The van der Waals surface area contributed by atoms with Crippen LogP contribution >= 0.6 is 0 Å². The van der Waals surface area contributed by atoms with Gasteiger partial charge in [0.2, 0.25) is 0 Å². The third kappa shape index (κ3) is 6.25. The Kier molecular flexibility index (Phi) is 7.70. The molecular weight excluding hydrogens is 356 g/mol. The van der Waals surface area contributed by atoms with Crippen molar-refractivity contribution in [2.24, 2.45) is 0 Å². The van der Waals surface area contributed by atoms with Crippen molar-refractivity contribution in [2.75, 3.05) is 59.6 Å². The number of carbonyl (C=O) groups is 1. The molecule has 150 valence electrons. The highest BCUT2D eigenvalue weighted by Gasteiger charge is 2.16. The maximum absolute atomic E-state index is 11.4. The Morgan fingerprint density at radius 3 is 1.79 bits per heavy atom. The van der Waals surface area contributed by atoms with Gasteiger partial charge in [0.25, 0.3) is 0 Å². The van der Waals surface area contributed by atoms with Crippen LogP contribution in [0.25, 0.3) is 0 Å². The van der Waals surface area contributed by atoms with E-state index in [9.17, 15) is 4.79 Å². The average molecular weight is 384 g/mol. The number of hydrogen-bond acceptors (Lipinski definition) is 6. The Morgan fingerprint density at radius 2 is 1.29 bits per heavy atom. The van der Waals surface area contributed by atoms with Gasteiger partial charge in [0.1, 0.15) is 24.7 Å². The number of nitrogens with zero attached hydrogens (tertiary/aromatic N) is 2. The van der Waals surface area contributed by atoms with Crippen LogP contribution in [0, 0.1) is 0 Å². The lowest BCUT2D eigenvalue weighted by atomic mass is 10.2. The van der Waals surface area contributed by atoms with Gasteiger partial charge in [-0.15, -0.1) is 0 Å². The fourth-order valence-corrected chi connectivity index (χ4v) is 3.14. The summed E-state index contributed by atoms with van der Waals surface area (Å²) in [6.07, 6.45) is 0. The van der Waals surface area contributed by atoms with E-state index >= 15 is 0 Å². The van der Waals surface area contributed by atoms with Crippen molar-refractivity contribution in [2.45, 2.75) is 0 Å². The molecule has 1 aliphatic heterocycles. The molecule has 0 amide bonds. The molecule has 0 spiro atoms. The third-order valence-electron chi connectivity index (χ3n) is 4.84. The van der Waals surface area contributed by atoms with Gasteiger partial charge in [0, 0.05) is 39.3 Å². The second kappa shape index (κ2) is 10.7. The molecule has 6 nitrogen and oxygen atoms in total. The second-order valence-corrected chi connectivity index (χ2v) is 6.71. The maximum atomic E-state index is 11.4. The van der Waals surface area contributed by atoms with E-state index in [0.717, 1.165) is 50.8 Å². The molecule has 3 rings (SSSR count). The molecule has 1 saturated heterocycles. The molecule has 1 aliphatic rings. The highest BCUT2D eigenvalue weighted by molar-refractivity contribution is 5.89. The summed E-state index contributed by atoms with van der Waals surface area (Å²) in [7, 11) is 1.38. The summed E-state index contributed by atoms with van der Waals surface area (Å²) < 4.78 is 16.3. The first-order valence-corrected chi connectivity index (χ1v) is 9.68. The maximum Gasteiger partial charge on any atom is 0.337 e. The van der Waals surface area contributed by atoms with Gasteiger partial charge in [-0.3, -0.25) is 9.80 Å². The van der Waals surface area contributed by atoms with Gasteiger partial charge in [0.15, 0.2) is 0 Å². The van der Waals surface area contributed by atoms with E-state index in [0.29, 0.717) is 18.8 Å². The summed E-state index contributed by atoms with van der Waals surface area (Å²) in [6, 6.07) is 17.0. The zero-order valence-corrected chi connectivity index (χ0v) is 16.4. The predicted octanol–water partition coefficient (Wildman–Crippen LogP) is 2.55. The molecule has 0 radical (unpaired) electrons. The minimum atomic E-state index is -0.335. The second-order valence-electron chi connectivity index (χ2n) is 6.71. The van der Waals surface area contributed by atoms with E-state index in [4.69, 9.17) is 14.2 Å². The number of esters is 1. The van der Waals surface area contributed by atoms with Gasteiger partial charge >= 0.3 is 5.97 Å². The van der Waals surface area contributed by atoms with Crippen molar-refractivity contribution in [1.82, 2.24) is 9.80 Å². The van der Waals surface area contributed by atoms with E-state index in [2.05, 4.69) is 9.80 Å². The molecule has 2 aromatic carbocycles. The van der Waals surface area contributed by atoms with Crippen molar-refractivity contribution in [3.63, 3.8) is 0 Å². The van der Waals surface area contributed by atoms with Crippen molar-refractivity contribution in [1.29, 1.82) is 0 Å². The summed E-state index contributed by atoms with van der Waals surface area (Å²) >= 11 is 0. The van der Waals surface area contributed by atoms with Crippen molar-refractivity contribution in [3.05, 3.63) is 60.2 Å². The molecule has 0 saturated carbocycles. The largest absolute Gasteiger partial charge is 0.492 e. The quantitative estimate of drug-likeness (QED) is 0.620. The van der Waals surface area contributed by atoms with Crippen molar-refractivity contribution in [3.8, 4) is 11.5 Å². The van der Waals surface area contributed by atoms with Crippen LogP contribution in [0.4, 0.5) is 0 Å². The number of hydrogen-bond donors (Lipinski definition) is 0. The van der Waals surface area contributed by atoms with Crippen LogP contribution in [0.5, 0.6) is 11.5 Å². The van der Waals surface area contributed by atoms with Crippen molar-refractivity contribution < 1.29 is 19.0 Å². The van der Waals surface area contributed by atoms with Crippen LogP contribution in [0.15, 0.2) is 54.6 Å². The van der Waals surface area contributed by atoms with Gasteiger partial charge in [-0.25, -0.2) is 4.79 Å². The number of benzene rings is 2. The zero-order valence-electron chi connectivity index (χ0n) is 16.4. The minimum absolute atomic E-state index is 0.335. The molecule has 6 heteroatoms. The normalized spacial score (nSPS) is 15.2. The molecule has 1 heterocycles. The standard InChI is InChI=1S/C22H28N2O4/c1-26-22(25)19-7-9-21(10-8-19)28-18-16-24-13-11-23(12-14-24)15-17-27-20-5-3-2-4-6-20/h2-10H,11-18H2,1H3. The molecule has 0 aliphatic carbocycles. The van der Waals surface area contributed by atoms with Gasteiger partial charge in [0.05, 0.1) is 12.7 Å². The number of methoxy groups -OCH3 is 1. The molecule has 0 atom stereocenters. The topological polar surface area (TPSA) is 51.2 Å². The van der Waals surface area contributed by atoms with Gasteiger partial charge < -0.3 is 14.2 Å². The lowest BCUT2D eigenvalue weighted by molar-refractivity contribution is 0.0600. The fourth-order valence-electron chi connectivity index (χ4n) is 3.14. The first kappa shape index (κ1) is 20.2. The monoisotopic (exact) mass is 384 g/mol. The Hall–Kier alpha value is -2.57. The van der Waals surface area contributed by atoms with Crippen LogP contribution in [0.2, 0.25) is 0 Å². The van der Waals surface area contributed by atoms with E-state index in [1.807, 2.05) is 30.3 Å². The van der Waals surface area contributed by atoms with Crippen LogP contribution in [-0.4, -0.2) is 75.4 Å². The molecule has 0 N–H and O–H groups in total. The summed E-state index contributed by atoms with van der Waals surface area (Å²) in [5.41, 5.74) is 0.530. The average Bonchev–Trinajstić information content (AvgIpc) is 2.75. The summed E-state index contributed by atoms with van der Waals surface area (Å²) in [6.45, 7) is 7.37. The Morgan fingerprint density at radius 1 is 0.786 bits per heavy atom. The molecule has 1 fully saturated rings. The van der Waals surface area contributed by atoms with E-state index in [1.54, 1.807) is 24.3 Å². The summed E-state index contributed by atoms with van der Waals surface area (Å²) in [5, 5.41) is 0. The lowest BCUT2D eigenvalue weighted by Gasteiger charge is -2.34. The van der Waals surface area contributed by atoms with Crippen molar-refractivity contribution >= 4 is 5.97 Å². The van der Waals surface area contributed by atoms with Gasteiger partial charge in [-0.05, 0) is 36.4 Å².